The number of nitrogens with one attached hydrogen (secondary N) is 1. The van der Waals surface area contributed by atoms with Crippen LogP contribution in [0, 0.1) is 0 Å². The lowest BCUT2D eigenvalue weighted by Gasteiger charge is -2.34. The Labute approximate surface area is 138 Å². The van der Waals surface area contributed by atoms with Crippen molar-refractivity contribution < 1.29 is 14.0 Å². The number of rotatable bonds is 5. The second-order valence-corrected chi connectivity index (χ2v) is 6.35. The third kappa shape index (κ3) is 4.20. The van der Waals surface area contributed by atoms with Crippen LogP contribution in [0.1, 0.15) is 15.4 Å². The van der Waals surface area contributed by atoms with E-state index in [1.165, 1.54) is 11.3 Å². The Balaban J connectivity index is 1.40. The Kier molecular flexibility index (Phi) is 5.09. The second-order valence-electron chi connectivity index (χ2n) is 5.40. The Bertz CT molecular complexity index is 632. The zero-order valence-corrected chi connectivity index (χ0v) is 13.6. The number of hydrogen-bond donors (Lipinski definition) is 1. The summed E-state index contributed by atoms with van der Waals surface area (Å²) >= 11 is 1.46. The van der Waals surface area contributed by atoms with E-state index in [-0.39, 0.29) is 11.8 Å². The molecule has 2 amide bonds. The Morgan fingerprint density at radius 2 is 2.00 bits per heavy atom. The fourth-order valence-corrected chi connectivity index (χ4v) is 3.21. The summed E-state index contributed by atoms with van der Waals surface area (Å²) in [7, 11) is 0. The average Bonchev–Trinajstić information content (AvgIpc) is 3.26. The smallest absolute Gasteiger partial charge is 0.264 e. The van der Waals surface area contributed by atoms with Gasteiger partial charge < -0.3 is 14.6 Å². The molecule has 0 aliphatic carbocycles. The van der Waals surface area contributed by atoms with Gasteiger partial charge in [-0.25, -0.2) is 0 Å². The van der Waals surface area contributed by atoms with Gasteiger partial charge >= 0.3 is 0 Å². The molecule has 2 aromatic heterocycles. The molecule has 3 heterocycles. The maximum atomic E-state index is 12.3. The highest BCUT2D eigenvalue weighted by molar-refractivity contribution is 7.12. The minimum absolute atomic E-state index is 0.0283. The van der Waals surface area contributed by atoms with Gasteiger partial charge in [-0.2, -0.15) is 0 Å². The molecule has 0 saturated carbocycles. The molecule has 3 rings (SSSR count). The van der Waals surface area contributed by atoms with Crippen molar-refractivity contribution in [3.8, 4) is 0 Å². The largest absolute Gasteiger partial charge is 0.467 e. The molecule has 2 aromatic rings. The van der Waals surface area contributed by atoms with E-state index in [1.54, 1.807) is 12.3 Å². The van der Waals surface area contributed by atoms with E-state index < -0.39 is 0 Å². The van der Waals surface area contributed by atoms with Gasteiger partial charge in [0.25, 0.3) is 5.91 Å². The van der Waals surface area contributed by atoms with Gasteiger partial charge in [-0.15, -0.1) is 11.3 Å². The van der Waals surface area contributed by atoms with Crippen LogP contribution in [0.2, 0.25) is 0 Å². The quantitative estimate of drug-likeness (QED) is 0.899. The van der Waals surface area contributed by atoms with Gasteiger partial charge in [-0.05, 0) is 23.6 Å². The molecule has 0 bridgehead atoms. The first-order valence-electron chi connectivity index (χ1n) is 7.56. The lowest BCUT2D eigenvalue weighted by Crippen LogP contribution is -2.51. The molecule has 1 aliphatic heterocycles. The molecule has 0 atom stereocenters. The fraction of sp³-hybridized carbons (Fsp3) is 0.375. The number of hydrogen-bond acceptors (Lipinski definition) is 5. The molecule has 0 unspecified atom stereocenters. The molecule has 0 spiro atoms. The predicted octanol–water partition coefficient (Wildman–Crippen LogP) is 1.42. The van der Waals surface area contributed by atoms with Crippen LogP contribution in [-0.4, -0.2) is 54.3 Å². The van der Waals surface area contributed by atoms with Crippen molar-refractivity contribution in [1.29, 1.82) is 0 Å². The Hall–Kier alpha value is -2.12. The lowest BCUT2D eigenvalue weighted by molar-refractivity contribution is -0.122. The van der Waals surface area contributed by atoms with Crippen LogP contribution in [0.3, 0.4) is 0 Å². The summed E-state index contributed by atoms with van der Waals surface area (Å²) in [5.74, 6) is 0.797. The summed E-state index contributed by atoms with van der Waals surface area (Å²) in [6.45, 7) is 3.49. The van der Waals surface area contributed by atoms with Crippen molar-refractivity contribution >= 4 is 23.2 Å². The van der Waals surface area contributed by atoms with Crippen molar-refractivity contribution in [2.75, 3.05) is 32.7 Å². The molecular formula is C16H19N3O3S. The molecule has 7 heteroatoms. The molecule has 1 aliphatic rings. The van der Waals surface area contributed by atoms with Crippen LogP contribution in [0.5, 0.6) is 0 Å². The fourth-order valence-electron chi connectivity index (χ4n) is 2.52. The number of thiophene rings is 1. The maximum absolute atomic E-state index is 12.3. The van der Waals surface area contributed by atoms with Crippen molar-refractivity contribution in [1.82, 2.24) is 15.1 Å². The summed E-state index contributed by atoms with van der Waals surface area (Å²) in [6.07, 6.45) is 1.59. The van der Waals surface area contributed by atoms with Gasteiger partial charge in [0.1, 0.15) is 5.76 Å². The molecule has 1 N–H and O–H groups in total. The van der Waals surface area contributed by atoms with E-state index in [9.17, 15) is 9.59 Å². The summed E-state index contributed by atoms with van der Waals surface area (Å²) in [5, 5.41) is 4.75. The molecule has 1 saturated heterocycles. The predicted molar refractivity (Wildman–Crippen MR) is 87.2 cm³/mol. The van der Waals surface area contributed by atoms with Crippen LogP contribution in [0.15, 0.2) is 40.3 Å². The van der Waals surface area contributed by atoms with Gasteiger partial charge in [-0.1, -0.05) is 6.07 Å². The molecular weight excluding hydrogens is 314 g/mol. The van der Waals surface area contributed by atoms with Gasteiger partial charge in [0.05, 0.1) is 24.2 Å². The van der Waals surface area contributed by atoms with Crippen LogP contribution in [-0.2, 0) is 11.3 Å². The van der Waals surface area contributed by atoms with E-state index >= 15 is 0 Å². The van der Waals surface area contributed by atoms with Crippen LogP contribution in [0.25, 0.3) is 0 Å². The van der Waals surface area contributed by atoms with Crippen molar-refractivity contribution in [2.24, 2.45) is 0 Å². The summed E-state index contributed by atoms with van der Waals surface area (Å²) < 4.78 is 5.18. The molecule has 6 nitrogen and oxygen atoms in total. The zero-order valence-electron chi connectivity index (χ0n) is 12.7. The second kappa shape index (κ2) is 7.43. The minimum atomic E-state index is -0.0283. The highest BCUT2D eigenvalue weighted by Gasteiger charge is 2.23. The zero-order chi connectivity index (χ0) is 16.1. The lowest BCUT2D eigenvalue weighted by atomic mass is 10.3. The number of piperazine rings is 1. The van der Waals surface area contributed by atoms with Gasteiger partial charge in [0.15, 0.2) is 0 Å². The van der Waals surface area contributed by atoms with Crippen molar-refractivity contribution in [3.63, 3.8) is 0 Å². The highest BCUT2D eigenvalue weighted by Crippen LogP contribution is 2.13. The number of carbonyl (C=O) groups excluding carboxylic acids is 2. The average molecular weight is 333 g/mol. The maximum Gasteiger partial charge on any atom is 0.264 e. The minimum Gasteiger partial charge on any atom is -0.467 e. The Morgan fingerprint density at radius 3 is 2.65 bits per heavy atom. The van der Waals surface area contributed by atoms with E-state index in [0.717, 1.165) is 10.6 Å². The van der Waals surface area contributed by atoms with E-state index in [4.69, 9.17) is 4.42 Å². The first-order valence-corrected chi connectivity index (χ1v) is 8.44. The first-order chi connectivity index (χ1) is 11.2. The molecule has 0 radical (unpaired) electrons. The third-order valence-electron chi connectivity index (χ3n) is 3.80. The summed E-state index contributed by atoms with van der Waals surface area (Å²) in [6, 6.07) is 7.36. The van der Waals surface area contributed by atoms with Gasteiger partial charge in [0, 0.05) is 26.2 Å². The summed E-state index contributed by atoms with van der Waals surface area (Å²) in [5.41, 5.74) is 0. The number of amides is 2. The van der Waals surface area contributed by atoms with Crippen LogP contribution >= 0.6 is 11.3 Å². The normalized spacial score (nSPS) is 15.6. The van der Waals surface area contributed by atoms with Crippen LogP contribution < -0.4 is 5.32 Å². The summed E-state index contributed by atoms with van der Waals surface area (Å²) in [4.78, 5) is 28.9. The SMILES string of the molecule is O=C(CN1CCN(C(=O)c2cccs2)CC1)NCc1ccco1. The highest BCUT2D eigenvalue weighted by atomic mass is 32.1. The molecule has 122 valence electrons. The first kappa shape index (κ1) is 15.8. The van der Waals surface area contributed by atoms with Crippen molar-refractivity contribution in [3.05, 3.63) is 46.5 Å². The van der Waals surface area contributed by atoms with E-state index in [2.05, 4.69) is 10.2 Å². The van der Waals surface area contributed by atoms with Crippen molar-refractivity contribution in [2.45, 2.75) is 6.54 Å². The molecule has 1 fully saturated rings. The monoisotopic (exact) mass is 333 g/mol. The topological polar surface area (TPSA) is 65.8 Å². The number of furan rings is 1. The van der Waals surface area contributed by atoms with Gasteiger partial charge in [-0.3, -0.25) is 14.5 Å². The van der Waals surface area contributed by atoms with E-state index in [1.807, 2.05) is 28.5 Å². The Morgan fingerprint density at radius 1 is 1.17 bits per heavy atom. The standard InChI is InChI=1S/C16H19N3O3S/c20-15(17-11-13-3-1-9-22-13)12-18-5-7-19(8-6-18)16(21)14-4-2-10-23-14/h1-4,9-10H,5-8,11-12H2,(H,17,20). The number of nitrogens with zero attached hydrogens (tertiary/aromatic N) is 2. The van der Waals surface area contributed by atoms with Crippen LogP contribution in [0.4, 0.5) is 0 Å². The van der Waals surface area contributed by atoms with E-state index in [0.29, 0.717) is 39.3 Å². The molecule has 23 heavy (non-hydrogen) atoms. The third-order valence-corrected chi connectivity index (χ3v) is 4.66. The van der Waals surface area contributed by atoms with Gasteiger partial charge in [0.2, 0.25) is 5.91 Å². The molecule has 0 aromatic carbocycles. The number of carbonyl (C=O) groups is 2.